The van der Waals surface area contributed by atoms with Crippen molar-refractivity contribution in [3.63, 3.8) is 0 Å². The van der Waals surface area contributed by atoms with E-state index in [1.54, 1.807) is 17.0 Å². The summed E-state index contributed by atoms with van der Waals surface area (Å²) >= 11 is 1.20. The van der Waals surface area contributed by atoms with Gasteiger partial charge in [-0.25, -0.2) is 4.79 Å². The Hall–Kier alpha value is -2.22. The average Bonchev–Trinajstić information content (AvgIpc) is 3.38. The number of rotatable bonds is 12. The second kappa shape index (κ2) is 11.4. The van der Waals surface area contributed by atoms with Crippen LogP contribution in [-0.4, -0.2) is 34.7 Å². The maximum atomic E-state index is 12.5. The van der Waals surface area contributed by atoms with E-state index in [-0.39, 0.29) is 11.9 Å². The fourth-order valence-corrected chi connectivity index (χ4v) is 4.69. The van der Waals surface area contributed by atoms with Crippen LogP contribution in [0.4, 0.5) is 5.69 Å². The summed E-state index contributed by atoms with van der Waals surface area (Å²) < 4.78 is 5.81. The number of ether oxygens (including phenoxy) is 1. The zero-order chi connectivity index (χ0) is 22.2. The largest absolute Gasteiger partial charge is 0.477 e. The second-order valence-corrected chi connectivity index (χ2v) is 9.17. The molecule has 0 spiro atoms. The van der Waals surface area contributed by atoms with Crippen LogP contribution in [0, 0.1) is 0 Å². The maximum Gasteiger partial charge on any atom is 0.345 e. The molecular weight excluding hydrogens is 414 g/mol. The molecule has 7 heteroatoms. The zero-order valence-electron chi connectivity index (χ0n) is 18.0. The van der Waals surface area contributed by atoms with Gasteiger partial charge in [0.05, 0.1) is 25.4 Å². The number of aromatic carboxylic acids is 1. The molecule has 0 aliphatic carbocycles. The zero-order valence-corrected chi connectivity index (χ0v) is 18.8. The van der Waals surface area contributed by atoms with Crippen molar-refractivity contribution in [3.05, 3.63) is 51.7 Å². The first-order valence-corrected chi connectivity index (χ1v) is 11.8. The Balaban J connectivity index is 1.54. The molecule has 6 nitrogen and oxygen atoms in total. The smallest absolute Gasteiger partial charge is 0.345 e. The summed E-state index contributed by atoms with van der Waals surface area (Å²) in [6.45, 7) is 2.90. The molecule has 1 saturated heterocycles. The van der Waals surface area contributed by atoms with E-state index in [9.17, 15) is 14.7 Å². The number of unbranched alkanes of at least 4 members (excludes halogenated alkanes) is 3. The van der Waals surface area contributed by atoms with E-state index in [0.717, 1.165) is 41.8 Å². The standard InChI is InChI=1S/C24H31NO5S/c1-2-3-4-5-6-21(26)17-7-9-18(10-8-17)25-19(11-14-23(25)27)15-30-16-20-12-13-22(31-20)24(28)29/h7-10,12-13,19,21,26H,2-6,11,14-16H2,1H3,(H,28,29). The molecule has 1 aromatic carbocycles. The highest BCUT2D eigenvalue weighted by Gasteiger charge is 2.32. The number of carboxylic acid groups (broad SMARTS) is 1. The Morgan fingerprint density at radius 3 is 2.65 bits per heavy atom. The lowest BCUT2D eigenvalue weighted by molar-refractivity contribution is -0.117. The number of benzene rings is 1. The average molecular weight is 446 g/mol. The van der Waals surface area contributed by atoms with E-state index >= 15 is 0 Å². The summed E-state index contributed by atoms with van der Waals surface area (Å²) in [7, 11) is 0. The molecule has 168 valence electrons. The van der Waals surface area contributed by atoms with Crippen LogP contribution in [0.3, 0.4) is 0 Å². The van der Waals surface area contributed by atoms with Gasteiger partial charge in [-0.2, -0.15) is 0 Å². The Morgan fingerprint density at radius 2 is 1.97 bits per heavy atom. The lowest BCUT2D eigenvalue weighted by Crippen LogP contribution is -2.36. The molecule has 3 rings (SSSR count). The van der Waals surface area contributed by atoms with Gasteiger partial charge in [0.2, 0.25) is 5.91 Å². The normalized spacial score (nSPS) is 17.3. The third-order valence-electron chi connectivity index (χ3n) is 5.64. The summed E-state index contributed by atoms with van der Waals surface area (Å²) in [6.07, 6.45) is 6.02. The molecule has 2 heterocycles. The molecule has 1 fully saturated rings. The number of hydrogen-bond donors (Lipinski definition) is 2. The molecule has 0 saturated carbocycles. The van der Waals surface area contributed by atoms with Crippen LogP contribution in [0.1, 0.15) is 78.1 Å². The fraction of sp³-hybridized carbons (Fsp3) is 0.500. The van der Waals surface area contributed by atoms with Crippen LogP contribution in [0.5, 0.6) is 0 Å². The molecule has 1 amide bonds. The Labute approximate surface area is 187 Å². The van der Waals surface area contributed by atoms with Crippen molar-refractivity contribution in [2.45, 2.75) is 70.6 Å². The number of carbonyl (C=O) groups is 2. The van der Waals surface area contributed by atoms with Crippen LogP contribution in [0.2, 0.25) is 0 Å². The Bertz CT molecular complexity index is 863. The Morgan fingerprint density at radius 1 is 1.19 bits per heavy atom. The van der Waals surface area contributed by atoms with Gasteiger partial charge in [-0.1, -0.05) is 44.7 Å². The summed E-state index contributed by atoms with van der Waals surface area (Å²) in [4.78, 5) is 26.4. The molecule has 31 heavy (non-hydrogen) atoms. The van der Waals surface area contributed by atoms with Gasteiger partial charge in [0, 0.05) is 17.0 Å². The fourth-order valence-electron chi connectivity index (χ4n) is 3.91. The van der Waals surface area contributed by atoms with Gasteiger partial charge < -0.3 is 19.8 Å². The molecule has 1 aliphatic rings. The van der Waals surface area contributed by atoms with Crippen LogP contribution in [0.25, 0.3) is 0 Å². The maximum absolute atomic E-state index is 12.5. The summed E-state index contributed by atoms with van der Waals surface area (Å²) in [6, 6.07) is 10.9. The topological polar surface area (TPSA) is 87.1 Å². The number of aliphatic hydroxyl groups excluding tert-OH is 1. The minimum Gasteiger partial charge on any atom is -0.477 e. The van der Waals surface area contributed by atoms with Crippen molar-refractivity contribution in [1.82, 2.24) is 0 Å². The van der Waals surface area contributed by atoms with Gasteiger partial charge in [-0.05, 0) is 42.7 Å². The molecular formula is C24H31NO5S. The van der Waals surface area contributed by atoms with E-state index < -0.39 is 12.1 Å². The summed E-state index contributed by atoms with van der Waals surface area (Å²) in [5.41, 5.74) is 1.70. The Kier molecular flexibility index (Phi) is 8.63. The molecule has 0 bridgehead atoms. The molecule has 0 radical (unpaired) electrons. The van der Waals surface area contributed by atoms with Gasteiger partial charge in [-0.3, -0.25) is 4.79 Å². The van der Waals surface area contributed by atoms with Gasteiger partial charge in [0.15, 0.2) is 0 Å². The van der Waals surface area contributed by atoms with Gasteiger partial charge >= 0.3 is 5.97 Å². The van der Waals surface area contributed by atoms with Gasteiger partial charge in [0.1, 0.15) is 4.88 Å². The molecule has 2 atom stereocenters. The lowest BCUT2D eigenvalue weighted by atomic mass is 10.0. The molecule has 1 aliphatic heterocycles. The first kappa shape index (κ1) is 23.4. The van der Waals surface area contributed by atoms with Crippen molar-refractivity contribution in [2.24, 2.45) is 0 Å². The summed E-state index contributed by atoms with van der Waals surface area (Å²) in [5, 5.41) is 19.4. The summed E-state index contributed by atoms with van der Waals surface area (Å²) in [5.74, 6) is -0.857. The number of hydrogen-bond acceptors (Lipinski definition) is 5. The highest BCUT2D eigenvalue weighted by molar-refractivity contribution is 7.13. The SMILES string of the molecule is CCCCCCC(O)c1ccc(N2C(=O)CCC2COCc2ccc(C(=O)O)s2)cc1. The van der Waals surface area contributed by atoms with Crippen molar-refractivity contribution in [2.75, 3.05) is 11.5 Å². The van der Waals surface area contributed by atoms with Crippen LogP contribution in [-0.2, 0) is 16.1 Å². The van der Waals surface area contributed by atoms with Crippen LogP contribution >= 0.6 is 11.3 Å². The second-order valence-electron chi connectivity index (χ2n) is 8.00. The van der Waals surface area contributed by atoms with E-state index in [1.165, 1.54) is 24.2 Å². The highest BCUT2D eigenvalue weighted by atomic mass is 32.1. The van der Waals surface area contributed by atoms with Crippen LogP contribution in [0.15, 0.2) is 36.4 Å². The number of nitrogens with zero attached hydrogens (tertiary/aromatic N) is 1. The van der Waals surface area contributed by atoms with E-state index in [4.69, 9.17) is 9.84 Å². The third kappa shape index (κ3) is 6.38. The molecule has 2 N–H and O–H groups in total. The van der Waals surface area contributed by atoms with Crippen molar-refractivity contribution >= 4 is 28.9 Å². The third-order valence-corrected chi connectivity index (χ3v) is 6.69. The monoisotopic (exact) mass is 445 g/mol. The van der Waals surface area contributed by atoms with Crippen molar-refractivity contribution < 1.29 is 24.5 Å². The van der Waals surface area contributed by atoms with Crippen LogP contribution < -0.4 is 4.90 Å². The minimum atomic E-state index is -0.932. The predicted molar refractivity (Wildman–Crippen MR) is 122 cm³/mol. The number of thiophene rings is 1. The minimum absolute atomic E-state index is 0.0452. The molecule has 1 aromatic heterocycles. The van der Waals surface area contributed by atoms with E-state index in [0.29, 0.717) is 24.5 Å². The predicted octanol–water partition coefficient (Wildman–Crippen LogP) is 5.16. The highest BCUT2D eigenvalue weighted by Crippen LogP contribution is 2.29. The first-order chi connectivity index (χ1) is 15.0. The van der Waals surface area contributed by atoms with E-state index in [1.807, 2.05) is 24.3 Å². The number of aliphatic hydroxyl groups is 1. The lowest BCUT2D eigenvalue weighted by Gasteiger charge is -2.25. The number of carbonyl (C=O) groups excluding carboxylic acids is 1. The molecule has 2 aromatic rings. The number of amides is 1. The van der Waals surface area contributed by atoms with Crippen molar-refractivity contribution in [3.8, 4) is 0 Å². The van der Waals surface area contributed by atoms with E-state index in [2.05, 4.69) is 6.92 Å². The first-order valence-electron chi connectivity index (χ1n) is 11.0. The number of anilines is 1. The quantitative estimate of drug-likeness (QED) is 0.441. The van der Waals surface area contributed by atoms with Crippen molar-refractivity contribution in [1.29, 1.82) is 0 Å². The number of carboxylic acids is 1. The molecule has 2 unspecified atom stereocenters. The van der Waals surface area contributed by atoms with Gasteiger partial charge in [-0.15, -0.1) is 11.3 Å². The van der Waals surface area contributed by atoms with Gasteiger partial charge in [0.25, 0.3) is 0 Å².